The minimum absolute atomic E-state index is 0.0613. The van der Waals surface area contributed by atoms with Crippen molar-refractivity contribution < 1.29 is 19.1 Å². The van der Waals surface area contributed by atoms with E-state index in [1.54, 1.807) is 36.4 Å². The van der Waals surface area contributed by atoms with Crippen LogP contribution in [-0.2, 0) is 4.74 Å². The van der Waals surface area contributed by atoms with Crippen LogP contribution in [-0.4, -0.2) is 53.7 Å². The molecule has 1 saturated heterocycles. The maximum atomic E-state index is 12.8. The Morgan fingerprint density at radius 1 is 1.10 bits per heavy atom. The monoisotopic (exact) mass is 411 g/mol. The molecule has 2 atom stereocenters. The number of benzene rings is 1. The first kappa shape index (κ1) is 21.6. The van der Waals surface area contributed by atoms with Crippen molar-refractivity contribution in [2.75, 3.05) is 20.2 Å². The smallest absolute Gasteiger partial charge is 0.410 e. The molecule has 0 unspecified atom stereocenters. The van der Waals surface area contributed by atoms with Crippen molar-refractivity contribution in [2.24, 2.45) is 0 Å². The van der Waals surface area contributed by atoms with Gasteiger partial charge in [0, 0.05) is 31.2 Å². The summed E-state index contributed by atoms with van der Waals surface area (Å²) in [7, 11) is 1.63. The maximum absolute atomic E-state index is 12.8. The zero-order valence-electron chi connectivity index (χ0n) is 17.9. The van der Waals surface area contributed by atoms with E-state index in [9.17, 15) is 9.59 Å². The normalized spacial score (nSPS) is 19.1. The Morgan fingerprint density at radius 2 is 1.83 bits per heavy atom. The number of pyridine rings is 1. The lowest BCUT2D eigenvalue weighted by atomic mass is 9.88. The molecular weight excluding hydrogens is 382 g/mol. The summed E-state index contributed by atoms with van der Waals surface area (Å²) in [4.78, 5) is 31.2. The van der Waals surface area contributed by atoms with Gasteiger partial charge in [-0.1, -0.05) is 18.2 Å². The zero-order valence-corrected chi connectivity index (χ0v) is 17.9. The van der Waals surface area contributed by atoms with Gasteiger partial charge in [-0.3, -0.25) is 9.78 Å². The highest BCUT2D eigenvalue weighted by Crippen LogP contribution is 2.29. The van der Waals surface area contributed by atoms with E-state index in [0.29, 0.717) is 25.2 Å². The Bertz CT molecular complexity index is 862. The molecular formula is C23H29N3O4. The number of piperidine rings is 1. The van der Waals surface area contributed by atoms with E-state index in [1.807, 2.05) is 45.0 Å². The van der Waals surface area contributed by atoms with Crippen molar-refractivity contribution in [3.05, 3.63) is 59.9 Å². The van der Waals surface area contributed by atoms with E-state index in [0.717, 1.165) is 11.3 Å². The molecule has 1 aromatic heterocycles. The SMILES string of the molecule is COc1ccc([C@H]2C[C@@H](NC(=O)c3ccccn3)CN(C(=O)OC(C)(C)C)C2)cc1. The second-order valence-electron chi connectivity index (χ2n) is 8.48. The third kappa shape index (κ3) is 5.72. The van der Waals surface area contributed by atoms with Gasteiger partial charge >= 0.3 is 6.09 Å². The predicted molar refractivity (Wildman–Crippen MR) is 114 cm³/mol. The Morgan fingerprint density at radius 3 is 2.43 bits per heavy atom. The molecule has 1 fully saturated rings. The van der Waals surface area contributed by atoms with Gasteiger partial charge in [0.05, 0.1) is 7.11 Å². The molecule has 0 radical (unpaired) electrons. The standard InChI is InChI=1S/C23H29N3O4/c1-23(2,3)30-22(28)26-14-17(16-8-10-19(29-4)11-9-16)13-18(15-26)25-21(27)20-7-5-6-12-24-20/h5-12,17-18H,13-15H2,1-4H3,(H,25,27)/t17-,18+/m0/s1. The fraction of sp³-hybridized carbons (Fsp3) is 0.435. The molecule has 2 amide bonds. The van der Waals surface area contributed by atoms with Gasteiger partial charge < -0.3 is 19.7 Å². The Balaban J connectivity index is 1.78. The van der Waals surface area contributed by atoms with Gasteiger partial charge in [0.2, 0.25) is 0 Å². The minimum atomic E-state index is -0.586. The highest BCUT2D eigenvalue weighted by Gasteiger charge is 2.34. The highest BCUT2D eigenvalue weighted by atomic mass is 16.6. The number of methoxy groups -OCH3 is 1. The Hall–Kier alpha value is -3.09. The van der Waals surface area contributed by atoms with Gasteiger partial charge in [-0.15, -0.1) is 0 Å². The third-order valence-corrected chi connectivity index (χ3v) is 4.92. The van der Waals surface area contributed by atoms with Crippen molar-refractivity contribution in [1.82, 2.24) is 15.2 Å². The predicted octanol–water partition coefficient (Wildman–Crippen LogP) is 3.61. The number of ether oxygens (including phenoxy) is 2. The number of nitrogens with zero attached hydrogens (tertiary/aromatic N) is 2. The summed E-state index contributed by atoms with van der Waals surface area (Å²) in [6, 6.07) is 12.8. The molecule has 160 valence electrons. The van der Waals surface area contributed by atoms with Gasteiger partial charge in [-0.25, -0.2) is 4.79 Å². The van der Waals surface area contributed by atoms with E-state index in [1.165, 1.54) is 0 Å². The second kappa shape index (κ2) is 9.15. The molecule has 2 aromatic rings. The molecule has 0 aliphatic carbocycles. The number of hydrogen-bond donors (Lipinski definition) is 1. The number of carbonyl (C=O) groups is 2. The lowest BCUT2D eigenvalue weighted by Gasteiger charge is -2.38. The minimum Gasteiger partial charge on any atom is -0.497 e. The quantitative estimate of drug-likeness (QED) is 0.831. The summed E-state index contributed by atoms with van der Waals surface area (Å²) in [6.45, 7) is 6.44. The molecule has 1 aliphatic rings. The molecule has 2 heterocycles. The molecule has 3 rings (SSSR count). The van der Waals surface area contributed by atoms with Crippen molar-refractivity contribution in [3.8, 4) is 5.75 Å². The van der Waals surface area contributed by atoms with Crippen LogP contribution in [0, 0.1) is 0 Å². The lowest BCUT2D eigenvalue weighted by molar-refractivity contribution is 0.0164. The van der Waals surface area contributed by atoms with Gasteiger partial charge in [-0.2, -0.15) is 0 Å². The van der Waals surface area contributed by atoms with Crippen molar-refractivity contribution in [2.45, 2.75) is 44.8 Å². The van der Waals surface area contributed by atoms with Crippen LogP contribution in [0.4, 0.5) is 4.79 Å². The Kier molecular flexibility index (Phi) is 6.59. The van der Waals surface area contributed by atoms with Crippen LogP contribution in [0.3, 0.4) is 0 Å². The van der Waals surface area contributed by atoms with Crippen LogP contribution in [0.25, 0.3) is 0 Å². The molecule has 7 heteroatoms. The Labute approximate surface area is 177 Å². The van der Waals surface area contributed by atoms with E-state index in [4.69, 9.17) is 9.47 Å². The van der Waals surface area contributed by atoms with E-state index in [-0.39, 0.29) is 24.0 Å². The molecule has 0 bridgehead atoms. The first-order valence-corrected chi connectivity index (χ1v) is 10.1. The average molecular weight is 412 g/mol. The summed E-state index contributed by atoms with van der Waals surface area (Å²) in [5.74, 6) is 0.588. The van der Waals surface area contributed by atoms with Crippen molar-refractivity contribution >= 4 is 12.0 Å². The van der Waals surface area contributed by atoms with Crippen LogP contribution < -0.4 is 10.1 Å². The number of carbonyl (C=O) groups excluding carboxylic acids is 2. The first-order valence-electron chi connectivity index (χ1n) is 10.1. The fourth-order valence-electron chi connectivity index (χ4n) is 3.55. The van der Waals surface area contributed by atoms with Crippen molar-refractivity contribution in [3.63, 3.8) is 0 Å². The second-order valence-corrected chi connectivity index (χ2v) is 8.48. The van der Waals surface area contributed by atoms with Crippen LogP contribution >= 0.6 is 0 Å². The maximum Gasteiger partial charge on any atom is 0.410 e. The lowest BCUT2D eigenvalue weighted by Crippen LogP contribution is -2.53. The molecule has 7 nitrogen and oxygen atoms in total. The van der Waals surface area contributed by atoms with Gasteiger partial charge in [0.1, 0.15) is 17.0 Å². The molecule has 30 heavy (non-hydrogen) atoms. The fourth-order valence-corrected chi connectivity index (χ4v) is 3.55. The van der Waals surface area contributed by atoms with Crippen LogP contribution in [0.15, 0.2) is 48.7 Å². The number of hydrogen-bond acceptors (Lipinski definition) is 5. The molecule has 0 spiro atoms. The average Bonchev–Trinajstić information content (AvgIpc) is 2.73. The van der Waals surface area contributed by atoms with E-state index in [2.05, 4.69) is 10.3 Å². The largest absolute Gasteiger partial charge is 0.497 e. The summed E-state index contributed by atoms with van der Waals surface area (Å²) < 4.78 is 10.8. The molecule has 0 saturated carbocycles. The number of likely N-dealkylation sites (tertiary alicyclic amines) is 1. The number of amides is 2. The van der Waals surface area contributed by atoms with Gasteiger partial charge in [-0.05, 0) is 57.0 Å². The van der Waals surface area contributed by atoms with Crippen LogP contribution in [0.2, 0.25) is 0 Å². The molecule has 1 aliphatic heterocycles. The van der Waals surface area contributed by atoms with Crippen molar-refractivity contribution in [1.29, 1.82) is 0 Å². The summed E-state index contributed by atoms with van der Waals surface area (Å²) in [6.07, 6.45) is 1.92. The zero-order chi connectivity index (χ0) is 21.7. The van der Waals surface area contributed by atoms with Crippen LogP contribution in [0.5, 0.6) is 5.75 Å². The summed E-state index contributed by atoms with van der Waals surface area (Å²) in [5.41, 5.74) is 0.852. The van der Waals surface area contributed by atoms with E-state index < -0.39 is 5.60 Å². The van der Waals surface area contributed by atoms with Gasteiger partial charge in [0.25, 0.3) is 5.91 Å². The number of rotatable bonds is 4. The van der Waals surface area contributed by atoms with Crippen LogP contribution in [0.1, 0.15) is 49.2 Å². The number of nitrogens with one attached hydrogen (secondary N) is 1. The number of aromatic nitrogens is 1. The third-order valence-electron chi connectivity index (χ3n) is 4.92. The summed E-state index contributed by atoms with van der Waals surface area (Å²) >= 11 is 0. The molecule has 1 aromatic carbocycles. The topological polar surface area (TPSA) is 80.8 Å². The summed E-state index contributed by atoms with van der Waals surface area (Å²) in [5, 5.41) is 3.03. The highest BCUT2D eigenvalue weighted by molar-refractivity contribution is 5.92. The van der Waals surface area contributed by atoms with Gasteiger partial charge in [0.15, 0.2) is 0 Å². The first-order chi connectivity index (χ1) is 14.2. The van der Waals surface area contributed by atoms with E-state index >= 15 is 0 Å². The molecule has 1 N–H and O–H groups in total.